The molecule has 1 saturated heterocycles. The lowest BCUT2D eigenvalue weighted by Crippen LogP contribution is -2.49. The fourth-order valence-electron chi connectivity index (χ4n) is 4.49. The Morgan fingerprint density at radius 1 is 1.00 bits per heavy atom. The maximum Gasteiger partial charge on any atom is 0.321 e. The number of pyridine rings is 2. The molecule has 1 fully saturated rings. The van der Waals surface area contributed by atoms with Gasteiger partial charge in [0, 0.05) is 62.1 Å². The van der Waals surface area contributed by atoms with Crippen molar-refractivity contribution in [3.05, 3.63) is 101 Å². The van der Waals surface area contributed by atoms with Gasteiger partial charge in [-0.3, -0.25) is 9.88 Å². The normalized spacial score (nSPS) is 13.7. The standard InChI is InChI=1S/C30H30ClFN6O2/c1-20-6-9-28(21(2)34-20)40-25-10-11-33-29(18-25)35-23-5-3-4-22(16-23)19-37-12-14-38(15-13-37)30(39)36-24-7-8-27(32)26(31)17-24/h3-11,16-18H,12-15,19H2,1-2H3,(H,33,35)(H,36,39). The van der Waals surface area contributed by atoms with E-state index in [0.717, 1.165) is 42.3 Å². The van der Waals surface area contributed by atoms with Crippen molar-refractivity contribution < 1.29 is 13.9 Å². The van der Waals surface area contributed by atoms with Crippen LogP contribution in [0.3, 0.4) is 0 Å². The zero-order valence-electron chi connectivity index (χ0n) is 22.3. The van der Waals surface area contributed by atoms with Gasteiger partial charge in [0.25, 0.3) is 0 Å². The van der Waals surface area contributed by atoms with Gasteiger partial charge in [0.15, 0.2) is 0 Å². The van der Waals surface area contributed by atoms with Crippen molar-refractivity contribution in [3.8, 4) is 11.5 Å². The van der Waals surface area contributed by atoms with Gasteiger partial charge in [0.2, 0.25) is 0 Å². The van der Waals surface area contributed by atoms with E-state index in [1.54, 1.807) is 11.1 Å². The van der Waals surface area contributed by atoms with Crippen molar-refractivity contribution in [2.45, 2.75) is 20.4 Å². The predicted octanol–water partition coefficient (Wildman–Crippen LogP) is 6.77. The number of nitrogens with one attached hydrogen (secondary N) is 2. The minimum Gasteiger partial charge on any atom is -0.455 e. The number of hydrogen-bond acceptors (Lipinski definition) is 6. The summed E-state index contributed by atoms with van der Waals surface area (Å²) >= 11 is 5.82. The second kappa shape index (κ2) is 12.3. The molecule has 10 heteroatoms. The maximum atomic E-state index is 13.4. The number of piperazine rings is 1. The Hall–Kier alpha value is -4.21. The molecule has 2 amide bonds. The summed E-state index contributed by atoms with van der Waals surface area (Å²) in [6.07, 6.45) is 1.71. The van der Waals surface area contributed by atoms with Crippen LogP contribution in [0.15, 0.2) is 72.9 Å². The molecular weight excluding hydrogens is 531 g/mol. The molecule has 0 atom stereocenters. The van der Waals surface area contributed by atoms with Gasteiger partial charge < -0.3 is 20.3 Å². The molecule has 0 unspecified atom stereocenters. The first-order valence-electron chi connectivity index (χ1n) is 13.0. The van der Waals surface area contributed by atoms with E-state index < -0.39 is 5.82 Å². The van der Waals surface area contributed by atoms with E-state index in [-0.39, 0.29) is 11.1 Å². The Balaban J connectivity index is 1.14. The molecule has 0 bridgehead atoms. The van der Waals surface area contributed by atoms with Crippen LogP contribution in [-0.2, 0) is 6.54 Å². The molecule has 4 aromatic rings. The highest BCUT2D eigenvalue weighted by molar-refractivity contribution is 6.31. The van der Waals surface area contributed by atoms with E-state index in [2.05, 4.69) is 37.6 Å². The van der Waals surface area contributed by atoms with Crippen molar-refractivity contribution in [1.29, 1.82) is 0 Å². The first-order chi connectivity index (χ1) is 19.3. The van der Waals surface area contributed by atoms with Crippen LogP contribution in [0.4, 0.5) is 26.4 Å². The Kier molecular flexibility index (Phi) is 8.42. The van der Waals surface area contributed by atoms with Crippen LogP contribution in [0.1, 0.15) is 17.0 Å². The Bertz CT molecular complexity index is 1510. The van der Waals surface area contributed by atoms with Crippen LogP contribution in [-0.4, -0.2) is 52.0 Å². The van der Waals surface area contributed by atoms with Gasteiger partial charge in [0.1, 0.15) is 23.1 Å². The van der Waals surface area contributed by atoms with E-state index in [9.17, 15) is 9.18 Å². The number of benzene rings is 2. The zero-order chi connectivity index (χ0) is 28.1. The van der Waals surface area contributed by atoms with Crippen molar-refractivity contribution in [1.82, 2.24) is 19.8 Å². The van der Waals surface area contributed by atoms with Gasteiger partial charge in [-0.15, -0.1) is 0 Å². The number of ether oxygens (including phenoxy) is 1. The molecular formula is C30H30ClFN6O2. The summed E-state index contributed by atoms with van der Waals surface area (Å²) in [5.74, 6) is 1.54. The quantitative estimate of drug-likeness (QED) is 0.259. The fraction of sp³-hybridized carbons (Fsp3) is 0.233. The molecule has 8 nitrogen and oxygen atoms in total. The number of urea groups is 1. The lowest BCUT2D eigenvalue weighted by molar-refractivity contribution is 0.143. The van der Waals surface area contributed by atoms with Gasteiger partial charge in [-0.1, -0.05) is 23.7 Å². The largest absolute Gasteiger partial charge is 0.455 e. The summed E-state index contributed by atoms with van der Waals surface area (Å²) < 4.78 is 19.4. The minimum absolute atomic E-state index is 0.0222. The van der Waals surface area contributed by atoms with Gasteiger partial charge in [0.05, 0.1) is 10.7 Å². The van der Waals surface area contributed by atoms with Gasteiger partial charge >= 0.3 is 6.03 Å². The predicted molar refractivity (Wildman–Crippen MR) is 155 cm³/mol. The Morgan fingerprint density at radius 3 is 2.60 bits per heavy atom. The van der Waals surface area contributed by atoms with E-state index in [4.69, 9.17) is 16.3 Å². The fourth-order valence-corrected chi connectivity index (χ4v) is 4.67. The molecule has 5 rings (SSSR count). The summed E-state index contributed by atoms with van der Waals surface area (Å²) in [6, 6.07) is 19.6. The van der Waals surface area contributed by atoms with Crippen molar-refractivity contribution in [3.63, 3.8) is 0 Å². The second-order valence-corrected chi connectivity index (χ2v) is 10.1. The lowest BCUT2D eigenvalue weighted by atomic mass is 10.1. The summed E-state index contributed by atoms with van der Waals surface area (Å²) in [5.41, 5.74) is 4.32. The van der Waals surface area contributed by atoms with E-state index in [1.165, 1.54) is 18.2 Å². The first-order valence-corrected chi connectivity index (χ1v) is 13.4. The van der Waals surface area contributed by atoms with E-state index >= 15 is 0 Å². The smallest absolute Gasteiger partial charge is 0.321 e. The van der Waals surface area contributed by atoms with Gasteiger partial charge in [-0.05, 0) is 67.9 Å². The molecule has 3 heterocycles. The number of anilines is 3. The van der Waals surface area contributed by atoms with Crippen LogP contribution in [0.2, 0.25) is 5.02 Å². The summed E-state index contributed by atoms with van der Waals surface area (Å²) in [4.78, 5) is 25.6. The third kappa shape index (κ3) is 7.05. The van der Waals surface area contributed by atoms with Gasteiger partial charge in [-0.2, -0.15) is 0 Å². The molecule has 1 aliphatic heterocycles. The molecule has 0 spiro atoms. The third-order valence-corrected chi connectivity index (χ3v) is 6.86. The number of carbonyl (C=O) groups is 1. The summed E-state index contributed by atoms with van der Waals surface area (Å²) in [5, 5.41) is 6.13. The molecule has 0 saturated carbocycles. The highest BCUT2D eigenvalue weighted by Gasteiger charge is 2.21. The van der Waals surface area contributed by atoms with Crippen LogP contribution < -0.4 is 15.4 Å². The summed E-state index contributed by atoms with van der Waals surface area (Å²) in [6.45, 7) is 7.29. The number of hydrogen-bond donors (Lipinski definition) is 2. The van der Waals surface area contributed by atoms with Crippen LogP contribution >= 0.6 is 11.6 Å². The minimum atomic E-state index is -0.516. The topological polar surface area (TPSA) is 82.6 Å². The first kappa shape index (κ1) is 27.4. The SMILES string of the molecule is Cc1ccc(Oc2ccnc(Nc3cccc(CN4CCN(C(=O)Nc5ccc(F)c(Cl)c5)CC4)c3)c2)c(C)n1. The van der Waals surface area contributed by atoms with Crippen molar-refractivity contribution in [2.24, 2.45) is 0 Å². The Morgan fingerprint density at radius 2 is 1.82 bits per heavy atom. The maximum absolute atomic E-state index is 13.4. The van der Waals surface area contributed by atoms with Crippen LogP contribution in [0.25, 0.3) is 0 Å². The van der Waals surface area contributed by atoms with Crippen LogP contribution in [0.5, 0.6) is 11.5 Å². The third-order valence-electron chi connectivity index (χ3n) is 6.57. The van der Waals surface area contributed by atoms with E-state index in [0.29, 0.717) is 36.1 Å². The molecule has 0 radical (unpaired) electrons. The second-order valence-electron chi connectivity index (χ2n) is 9.66. The molecule has 2 aromatic heterocycles. The molecule has 2 N–H and O–H groups in total. The molecule has 1 aliphatic rings. The highest BCUT2D eigenvalue weighted by atomic mass is 35.5. The number of aromatic nitrogens is 2. The number of rotatable bonds is 7. The lowest BCUT2D eigenvalue weighted by Gasteiger charge is -2.34. The van der Waals surface area contributed by atoms with Crippen molar-refractivity contribution >= 4 is 34.8 Å². The highest BCUT2D eigenvalue weighted by Crippen LogP contribution is 2.27. The molecule has 2 aromatic carbocycles. The van der Waals surface area contributed by atoms with Crippen molar-refractivity contribution in [2.75, 3.05) is 36.8 Å². The molecule has 40 heavy (non-hydrogen) atoms. The van der Waals surface area contributed by atoms with Crippen LogP contribution in [0, 0.1) is 19.7 Å². The number of halogens is 2. The number of amides is 2. The molecule has 206 valence electrons. The monoisotopic (exact) mass is 560 g/mol. The number of carbonyl (C=O) groups excluding carboxylic acids is 1. The van der Waals surface area contributed by atoms with E-state index in [1.807, 2.05) is 50.2 Å². The average Bonchev–Trinajstić information content (AvgIpc) is 2.93. The number of aryl methyl sites for hydroxylation is 2. The molecule has 0 aliphatic carbocycles. The van der Waals surface area contributed by atoms with Gasteiger partial charge in [-0.25, -0.2) is 14.2 Å². The summed E-state index contributed by atoms with van der Waals surface area (Å²) in [7, 11) is 0. The zero-order valence-corrected chi connectivity index (χ0v) is 23.1. The Labute approximate surface area is 237 Å². The average molecular weight is 561 g/mol. The number of nitrogens with zero attached hydrogens (tertiary/aromatic N) is 4.